The lowest BCUT2D eigenvalue weighted by Crippen LogP contribution is -2.37. The summed E-state index contributed by atoms with van der Waals surface area (Å²) in [5.74, 6) is 0.851. The summed E-state index contributed by atoms with van der Waals surface area (Å²) in [6.45, 7) is 4.37. The van der Waals surface area contributed by atoms with Crippen molar-refractivity contribution in [3.63, 3.8) is 0 Å². The van der Waals surface area contributed by atoms with Gasteiger partial charge >= 0.3 is 5.82 Å². The highest BCUT2D eigenvalue weighted by atomic mass is 35.5. The molecule has 9 heteroatoms. The number of nitrogens with zero attached hydrogens (tertiary/aromatic N) is 3. The number of imidazole rings is 1. The molecule has 2 N–H and O–H groups in total. The van der Waals surface area contributed by atoms with Gasteiger partial charge in [-0.2, -0.15) is 4.98 Å². The summed E-state index contributed by atoms with van der Waals surface area (Å²) in [7, 11) is 0. The minimum atomic E-state index is -0.491. The lowest BCUT2D eigenvalue weighted by atomic mass is 10.1. The van der Waals surface area contributed by atoms with Gasteiger partial charge in [0.15, 0.2) is 10.9 Å². The monoisotopic (exact) mass is 336 g/mol. The van der Waals surface area contributed by atoms with Crippen molar-refractivity contribution in [2.45, 2.75) is 37.3 Å². The minimum Gasteiger partial charge on any atom is -0.391 e. The highest BCUT2D eigenvalue weighted by Gasteiger charge is 2.21. The molecular weight excluding hydrogens is 316 g/mol. The molecule has 21 heavy (non-hydrogen) atoms. The van der Waals surface area contributed by atoms with Crippen LogP contribution in [0, 0.1) is 17.0 Å². The third-order valence-corrected chi connectivity index (χ3v) is 4.39. The zero-order valence-corrected chi connectivity index (χ0v) is 13.6. The van der Waals surface area contributed by atoms with Gasteiger partial charge in [0.1, 0.15) is 0 Å². The number of halogens is 1. The smallest absolute Gasteiger partial charge is 0.354 e. The zero-order chi connectivity index (χ0) is 14.5. The SMILES string of the molecule is Cc1nc(SCC(O)CN2CCCCC2)c([N+](=O)[O-])[nH]1.Cl. The van der Waals surface area contributed by atoms with E-state index in [-0.39, 0.29) is 18.2 Å². The van der Waals surface area contributed by atoms with Crippen molar-refractivity contribution in [2.24, 2.45) is 0 Å². The number of aliphatic hydroxyl groups is 1. The number of aromatic nitrogens is 2. The Balaban J connectivity index is 0.00000220. The highest BCUT2D eigenvalue weighted by Crippen LogP contribution is 2.27. The second-order valence-corrected chi connectivity index (χ2v) is 6.07. The Morgan fingerprint density at radius 3 is 2.76 bits per heavy atom. The third kappa shape index (κ3) is 5.46. The van der Waals surface area contributed by atoms with Gasteiger partial charge in [-0.15, -0.1) is 12.4 Å². The Kier molecular flexibility index (Phi) is 7.44. The number of hydrogen-bond acceptors (Lipinski definition) is 6. The number of aromatic amines is 1. The van der Waals surface area contributed by atoms with Crippen LogP contribution in [0.5, 0.6) is 0 Å². The third-order valence-electron chi connectivity index (χ3n) is 3.28. The molecule has 120 valence electrons. The molecule has 0 radical (unpaired) electrons. The van der Waals surface area contributed by atoms with Gasteiger partial charge < -0.3 is 20.1 Å². The summed E-state index contributed by atoms with van der Waals surface area (Å²) in [4.78, 5) is 19.3. The Morgan fingerprint density at radius 2 is 2.14 bits per heavy atom. The number of aliphatic hydroxyl groups excluding tert-OH is 1. The second-order valence-electron chi connectivity index (χ2n) is 5.06. The van der Waals surface area contributed by atoms with E-state index in [1.807, 2.05) is 0 Å². The topological polar surface area (TPSA) is 95.3 Å². The fourth-order valence-corrected chi connectivity index (χ4v) is 3.27. The molecule has 1 atom stereocenters. The number of likely N-dealkylation sites (tertiary alicyclic amines) is 1. The summed E-state index contributed by atoms with van der Waals surface area (Å²) in [6.07, 6.45) is 3.14. The fourth-order valence-electron chi connectivity index (χ4n) is 2.35. The van der Waals surface area contributed by atoms with E-state index < -0.39 is 11.0 Å². The van der Waals surface area contributed by atoms with Crippen molar-refractivity contribution in [2.75, 3.05) is 25.4 Å². The van der Waals surface area contributed by atoms with Crippen LogP contribution in [0.25, 0.3) is 0 Å². The van der Waals surface area contributed by atoms with E-state index in [0.29, 0.717) is 23.1 Å². The number of β-amino-alcohol motifs (C(OH)–C–C–N with tert-alkyl or cyclic N) is 1. The van der Waals surface area contributed by atoms with Crippen molar-refractivity contribution in [3.05, 3.63) is 15.9 Å². The van der Waals surface area contributed by atoms with Gasteiger partial charge in [-0.1, -0.05) is 18.2 Å². The first-order valence-corrected chi connectivity index (χ1v) is 7.79. The average Bonchev–Trinajstić information content (AvgIpc) is 2.79. The van der Waals surface area contributed by atoms with E-state index in [4.69, 9.17) is 0 Å². The molecule has 0 saturated carbocycles. The largest absolute Gasteiger partial charge is 0.391 e. The predicted octanol–water partition coefficient (Wildman–Crippen LogP) is 1.99. The lowest BCUT2D eigenvalue weighted by molar-refractivity contribution is -0.392. The van der Waals surface area contributed by atoms with Crippen molar-refractivity contribution < 1.29 is 10.0 Å². The standard InChI is InChI=1S/C12H20N4O3S.ClH/c1-9-13-11(16(18)19)12(14-9)20-8-10(17)7-15-5-3-2-4-6-15;/h10,17H,2-8H2,1H3,(H,13,14);1H. The molecule has 0 aliphatic carbocycles. The maximum atomic E-state index is 10.8. The van der Waals surface area contributed by atoms with E-state index >= 15 is 0 Å². The van der Waals surface area contributed by atoms with Gasteiger partial charge in [-0.05, 0) is 30.9 Å². The average molecular weight is 337 g/mol. The molecule has 0 amide bonds. The molecular formula is C12H21ClN4O3S. The van der Waals surface area contributed by atoms with E-state index in [1.54, 1.807) is 6.92 Å². The first-order valence-electron chi connectivity index (χ1n) is 6.80. The van der Waals surface area contributed by atoms with Gasteiger partial charge in [-0.25, -0.2) is 4.98 Å². The molecule has 2 rings (SSSR count). The van der Waals surface area contributed by atoms with Crippen LogP contribution in [0.1, 0.15) is 25.1 Å². The van der Waals surface area contributed by atoms with Crippen molar-refractivity contribution in [1.82, 2.24) is 14.9 Å². The van der Waals surface area contributed by atoms with E-state index in [1.165, 1.54) is 31.0 Å². The van der Waals surface area contributed by atoms with Gasteiger partial charge in [0.2, 0.25) is 0 Å². The first kappa shape index (κ1) is 18.2. The van der Waals surface area contributed by atoms with Gasteiger partial charge in [-0.3, -0.25) is 0 Å². The number of nitrogens with one attached hydrogen (secondary N) is 1. The van der Waals surface area contributed by atoms with Crippen LogP contribution in [0.2, 0.25) is 0 Å². The Labute approximate surface area is 134 Å². The number of nitro groups is 1. The van der Waals surface area contributed by atoms with Crippen LogP contribution in [-0.2, 0) is 0 Å². The number of thioether (sulfide) groups is 1. The Hall–Kier alpha value is -0.830. The molecule has 1 aliphatic rings. The molecule has 1 saturated heterocycles. The molecule has 0 bridgehead atoms. The number of rotatable bonds is 6. The van der Waals surface area contributed by atoms with E-state index in [9.17, 15) is 15.2 Å². The number of H-pyrrole nitrogens is 1. The molecule has 1 unspecified atom stereocenters. The van der Waals surface area contributed by atoms with Gasteiger partial charge in [0, 0.05) is 19.2 Å². The lowest BCUT2D eigenvalue weighted by Gasteiger charge is -2.28. The molecule has 0 spiro atoms. The normalized spacial score (nSPS) is 17.2. The molecule has 1 aliphatic heterocycles. The van der Waals surface area contributed by atoms with Crippen molar-refractivity contribution in [3.8, 4) is 0 Å². The summed E-state index contributed by atoms with van der Waals surface area (Å²) < 4.78 is 0. The van der Waals surface area contributed by atoms with Gasteiger partial charge in [0.25, 0.3) is 0 Å². The van der Waals surface area contributed by atoms with E-state index in [0.717, 1.165) is 13.1 Å². The van der Waals surface area contributed by atoms with Crippen LogP contribution in [0.3, 0.4) is 0 Å². The maximum absolute atomic E-state index is 10.8. The molecule has 7 nitrogen and oxygen atoms in total. The molecule has 1 aromatic rings. The maximum Gasteiger partial charge on any atom is 0.354 e. The number of piperidine rings is 1. The molecule has 1 aromatic heterocycles. The van der Waals surface area contributed by atoms with Gasteiger partial charge in [0.05, 0.1) is 6.10 Å². The fraction of sp³-hybridized carbons (Fsp3) is 0.750. The minimum absolute atomic E-state index is 0. The van der Waals surface area contributed by atoms with Crippen molar-refractivity contribution >= 4 is 30.0 Å². The van der Waals surface area contributed by atoms with Crippen LogP contribution in [-0.4, -0.2) is 56.4 Å². The first-order chi connectivity index (χ1) is 9.56. The summed E-state index contributed by atoms with van der Waals surface area (Å²) >= 11 is 1.23. The Bertz CT molecular complexity index is 465. The summed E-state index contributed by atoms with van der Waals surface area (Å²) in [5, 5.41) is 21.2. The zero-order valence-electron chi connectivity index (χ0n) is 11.9. The summed E-state index contributed by atoms with van der Waals surface area (Å²) in [6, 6.07) is 0. The van der Waals surface area contributed by atoms with Crippen LogP contribution < -0.4 is 0 Å². The predicted molar refractivity (Wildman–Crippen MR) is 84.2 cm³/mol. The number of aryl methyl sites for hydroxylation is 1. The van der Waals surface area contributed by atoms with Crippen LogP contribution in [0.15, 0.2) is 5.03 Å². The second kappa shape index (κ2) is 8.57. The highest BCUT2D eigenvalue weighted by molar-refractivity contribution is 7.99. The van der Waals surface area contributed by atoms with Crippen LogP contribution >= 0.6 is 24.2 Å². The summed E-state index contributed by atoms with van der Waals surface area (Å²) in [5.41, 5.74) is 0. The van der Waals surface area contributed by atoms with E-state index in [2.05, 4.69) is 14.9 Å². The van der Waals surface area contributed by atoms with Crippen LogP contribution in [0.4, 0.5) is 5.82 Å². The van der Waals surface area contributed by atoms with Crippen molar-refractivity contribution in [1.29, 1.82) is 0 Å². The quantitative estimate of drug-likeness (QED) is 0.468. The Morgan fingerprint density at radius 1 is 1.48 bits per heavy atom. The molecule has 1 fully saturated rings. The molecule has 0 aromatic carbocycles. The molecule has 2 heterocycles. The number of hydrogen-bond donors (Lipinski definition) is 2.